The number of rotatable bonds is 0. The molecule has 0 unspecified atom stereocenters. The molecule has 2 aliphatic heterocycles. The van der Waals surface area contributed by atoms with Gasteiger partial charge in [0, 0.05) is 5.56 Å². The lowest BCUT2D eigenvalue weighted by molar-refractivity contribution is -0.141. The first-order valence-corrected chi connectivity index (χ1v) is 5.59. The summed E-state index contributed by atoms with van der Waals surface area (Å²) in [6.45, 7) is 0.478. The van der Waals surface area contributed by atoms with E-state index in [4.69, 9.17) is 4.74 Å². The van der Waals surface area contributed by atoms with Crippen molar-refractivity contribution in [1.29, 1.82) is 0 Å². The van der Waals surface area contributed by atoms with Crippen LogP contribution in [0.5, 0.6) is 5.88 Å². The summed E-state index contributed by atoms with van der Waals surface area (Å²) in [4.78, 5) is 3.43. The number of hydrogen-bond acceptors (Lipinski definition) is 3. The summed E-state index contributed by atoms with van der Waals surface area (Å²) in [6, 6.07) is 1.80. The van der Waals surface area contributed by atoms with Crippen LogP contribution in [0.15, 0.2) is 12.1 Å². The zero-order chi connectivity index (χ0) is 12.9. The molecular weight excluding hydrogens is 288 g/mol. The molecule has 1 saturated heterocycles. The molecule has 19 heavy (non-hydrogen) atoms. The SMILES string of the molecule is Cl.F[C@@H]1CCN[C@@H]2c3ccc(C(F)(F)F)nc3O[C@H]12. The maximum absolute atomic E-state index is 13.6. The van der Waals surface area contributed by atoms with Crippen molar-refractivity contribution >= 4 is 12.4 Å². The summed E-state index contributed by atoms with van der Waals surface area (Å²) in [7, 11) is 0. The van der Waals surface area contributed by atoms with Crippen molar-refractivity contribution in [3.05, 3.63) is 23.4 Å². The van der Waals surface area contributed by atoms with E-state index in [0.717, 1.165) is 6.07 Å². The first-order chi connectivity index (χ1) is 8.47. The highest BCUT2D eigenvalue weighted by molar-refractivity contribution is 5.85. The first kappa shape index (κ1) is 14.3. The molecule has 3 rings (SSSR count). The average Bonchev–Trinajstić information content (AvgIpc) is 2.67. The third kappa shape index (κ3) is 2.36. The second-order valence-electron chi connectivity index (χ2n) is 4.41. The van der Waals surface area contributed by atoms with Gasteiger partial charge in [-0.25, -0.2) is 9.37 Å². The number of nitrogens with one attached hydrogen (secondary N) is 1. The Morgan fingerprint density at radius 1 is 1.32 bits per heavy atom. The first-order valence-electron chi connectivity index (χ1n) is 5.59. The van der Waals surface area contributed by atoms with Crippen molar-refractivity contribution in [2.45, 2.75) is 30.9 Å². The van der Waals surface area contributed by atoms with Crippen molar-refractivity contribution in [1.82, 2.24) is 10.3 Å². The molecule has 3 atom stereocenters. The van der Waals surface area contributed by atoms with Gasteiger partial charge >= 0.3 is 6.18 Å². The van der Waals surface area contributed by atoms with Gasteiger partial charge in [0.25, 0.3) is 0 Å². The molecule has 0 bridgehead atoms. The van der Waals surface area contributed by atoms with Crippen molar-refractivity contribution in [2.24, 2.45) is 0 Å². The normalized spacial score (nSPS) is 28.9. The van der Waals surface area contributed by atoms with Crippen LogP contribution in [0.25, 0.3) is 0 Å². The Labute approximate surface area is 112 Å². The van der Waals surface area contributed by atoms with Gasteiger partial charge in [-0.05, 0) is 25.1 Å². The number of alkyl halides is 4. The van der Waals surface area contributed by atoms with Gasteiger partial charge in [-0.3, -0.25) is 0 Å². The third-order valence-corrected chi connectivity index (χ3v) is 3.23. The van der Waals surface area contributed by atoms with E-state index >= 15 is 0 Å². The van der Waals surface area contributed by atoms with E-state index in [1.54, 1.807) is 0 Å². The number of aromatic nitrogens is 1. The Hall–Kier alpha value is -1.08. The van der Waals surface area contributed by atoms with Gasteiger partial charge in [-0.1, -0.05) is 0 Å². The lowest BCUT2D eigenvalue weighted by Crippen LogP contribution is -2.44. The summed E-state index contributed by atoms with van der Waals surface area (Å²) in [5.41, 5.74) is -0.523. The van der Waals surface area contributed by atoms with Crippen LogP contribution >= 0.6 is 12.4 Å². The molecule has 2 aliphatic rings. The van der Waals surface area contributed by atoms with Crippen molar-refractivity contribution in [3.8, 4) is 5.88 Å². The molecule has 106 valence electrons. The predicted molar refractivity (Wildman–Crippen MR) is 61.2 cm³/mol. The molecule has 0 amide bonds. The van der Waals surface area contributed by atoms with Gasteiger partial charge in [0.1, 0.15) is 11.9 Å². The summed E-state index contributed by atoms with van der Waals surface area (Å²) in [5.74, 6) is -0.114. The standard InChI is InChI=1S/C11H10F4N2O.ClH/c12-6-3-4-16-8-5-1-2-7(11(13,14)15)17-10(5)18-9(6)8;/h1-2,6,8-9,16H,3-4H2;1H/t6-,8-,9-;/m1./s1. The van der Waals surface area contributed by atoms with Crippen LogP contribution in [0.2, 0.25) is 0 Å². The van der Waals surface area contributed by atoms with E-state index in [2.05, 4.69) is 10.3 Å². The Balaban J connectivity index is 0.00000133. The largest absolute Gasteiger partial charge is 0.469 e. The van der Waals surface area contributed by atoms with E-state index in [1.165, 1.54) is 6.07 Å². The number of halogens is 5. The molecule has 1 aromatic heterocycles. The number of nitrogens with zero attached hydrogens (tertiary/aromatic N) is 1. The summed E-state index contributed by atoms with van der Waals surface area (Å²) < 4.78 is 56.3. The number of ether oxygens (including phenoxy) is 1. The Morgan fingerprint density at radius 2 is 2.05 bits per heavy atom. The molecule has 1 fully saturated rings. The highest BCUT2D eigenvalue weighted by Crippen LogP contribution is 2.41. The maximum Gasteiger partial charge on any atom is 0.433 e. The number of piperidine rings is 1. The highest BCUT2D eigenvalue weighted by atomic mass is 35.5. The third-order valence-electron chi connectivity index (χ3n) is 3.23. The lowest BCUT2D eigenvalue weighted by Gasteiger charge is -2.28. The van der Waals surface area contributed by atoms with E-state index in [9.17, 15) is 17.6 Å². The van der Waals surface area contributed by atoms with Crippen LogP contribution in [0.3, 0.4) is 0 Å². The predicted octanol–water partition coefficient (Wildman–Crippen LogP) is 2.66. The summed E-state index contributed by atoms with van der Waals surface area (Å²) in [6.07, 6.45) is -6.18. The molecule has 8 heteroatoms. The molecule has 0 spiro atoms. The van der Waals surface area contributed by atoms with Gasteiger partial charge in [0.2, 0.25) is 5.88 Å². The minimum atomic E-state index is -4.52. The van der Waals surface area contributed by atoms with Crippen LogP contribution in [0, 0.1) is 0 Å². The van der Waals surface area contributed by atoms with E-state index in [-0.39, 0.29) is 18.3 Å². The van der Waals surface area contributed by atoms with Crippen LogP contribution in [0.1, 0.15) is 23.7 Å². The molecule has 3 heterocycles. The fraction of sp³-hybridized carbons (Fsp3) is 0.545. The zero-order valence-electron chi connectivity index (χ0n) is 9.58. The molecular formula is C11H11ClF4N2O. The highest BCUT2D eigenvalue weighted by Gasteiger charge is 2.44. The van der Waals surface area contributed by atoms with E-state index in [0.29, 0.717) is 18.5 Å². The second kappa shape index (κ2) is 4.79. The van der Waals surface area contributed by atoms with Crippen molar-refractivity contribution in [2.75, 3.05) is 6.54 Å². The fourth-order valence-corrected chi connectivity index (χ4v) is 2.36. The van der Waals surface area contributed by atoms with Crippen LogP contribution in [-0.4, -0.2) is 23.8 Å². The molecule has 1 N–H and O–H groups in total. The van der Waals surface area contributed by atoms with E-state index < -0.39 is 30.2 Å². The summed E-state index contributed by atoms with van der Waals surface area (Å²) in [5, 5.41) is 3.04. The average molecular weight is 299 g/mol. The topological polar surface area (TPSA) is 34.2 Å². The Morgan fingerprint density at radius 3 is 2.74 bits per heavy atom. The van der Waals surface area contributed by atoms with Gasteiger partial charge in [-0.2, -0.15) is 13.2 Å². The molecule has 1 aromatic rings. The molecule has 3 nitrogen and oxygen atoms in total. The molecule has 0 aliphatic carbocycles. The Kier molecular flexibility index (Phi) is 3.61. The van der Waals surface area contributed by atoms with Gasteiger partial charge in [0.15, 0.2) is 6.10 Å². The molecule has 0 aromatic carbocycles. The number of hydrogen-bond donors (Lipinski definition) is 1. The minimum absolute atomic E-state index is 0. The minimum Gasteiger partial charge on any atom is -0.469 e. The van der Waals surface area contributed by atoms with Gasteiger partial charge in [0.05, 0.1) is 6.04 Å². The number of fused-ring (bicyclic) bond motifs is 3. The van der Waals surface area contributed by atoms with Crippen LogP contribution < -0.4 is 10.1 Å². The second-order valence-corrected chi connectivity index (χ2v) is 4.41. The van der Waals surface area contributed by atoms with Gasteiger partial charge < -0.3 is 10.1 Å². The van der Waals surface area contributed by atoms with E-state index in [1.807, 2.05) is 0 Å². The lowest BCUT2D eigenvalue weighted by atomic mass is 9.96. The van der Waals surface area contributed by atoms with Crippen LogP contribution in [0.4, 0.5) is 17.6 Å². The maximum atomic E-state index is 13.6. The molecule has 0 radical (unpaired) electrons. The monoisotopic (exact) mass is 298 g/mol. The molecule has 0 saturated carbocycles. The number of pyridine rings is 1. The van der Waals surface area contributed by atoms with Crippen molar-refractivity contribution in [3.63, 3.8) is 0 Å². The Bertz CT molecular complexity index is 482. The summed E-state index contributed by atoms with van der Waals surface area (Å²) >= 11 is 0. The van der Waals surface area contributed by atoms with Crippen molar-refractivity contribution < 1.29 is 22.3 Å². The van der Waals surface area contributed by atoms with Gasteiger partial charge in [-0.15, -0.1) is 12.4 Å². The quantitative estimate of drug-likeness (QED) is 0.748. The smallest absolute Gasteiger partial charge is 0.433 e. The fourth-order valence-electron chi connectivity index (χ4n) is 2.36. The van der Waals surface area contributed by atoms with Crippen LogP contribution in [-0.2, 0) is 6.18 Å². The zero-order valence-corrected chi connectivity index (χ0v) is 10.4.